The Morgan fingerprint density at radius 3 is 2.64 bits per heavy atom. The van der Waals surface area contributed by atoms with Crippen LogP contribution < -0.4 is 10.6 Å². The van der Waals surface area contributed by atoms with Crippen molar-refractivity contribution in [2.24, 2.45) is 0 Å². The number of anilines is 1. The summed E-state index contributed by atoms with van der Waals surface area (Å²) in [6, 6.07) is 18.7. The molecule has 168 valence electrons. The number of rotatable bonds is 5. The molecule has 0 radical (unpaired) electrons. The molecular weight excluding hydrogens is 522 g/mol. The molecule has 0 unspecified atom stereocenters. The minimum absolute atomic E-state index is 0.170. The Bertz CT molecular complexity index is 1340. The van der Waals surface area contributed by atoms with E-state index in [9.17, 15) is 4.79 Å². The second-order valence-corrected chi connectivity index (χ2v) is 9.40. The van der Waals surface area contributed by atoms with E-state index in [4.69, 9.17) is 28.2 Å². The maximum Gasteiger partial charge on any atom is 0.258 e. The van der Waals surface area contributed by atoms with Gasteiger partial charge in [-0.25, -0.2) is 4.98 Å². The molecule has 1 amide bonds. The van der Waals surface area contributed by atoms with E-state index in [1.807, 2.05) is 30.3 Å². The number of thiocarbonyl (C=S) groups is 1. The van der Waals surface area contributed by atoms with Gasteiger partial charge >= 0.3 is 0 Å². The highest BCUT2D eigenvalue weighted by Gasteiger charge is 2.14. The lowest BCUT2D eigenvalue weighted by Crippen LogP contribution is -2.34. The van der Waals surface area contributed by atoms with Crippen LogP contribution in [0.5, 0.6) is 0 Å². The van der Waals surface area contributed by atoms with Crippen LogP contribution in [0.15, 0.2) is 69.6 Å². The molecule has 4 aromatic rings. The van der Waals surface area contributed by atoms with Gasteiger partial charge in [0.15, 0.2) is 10.7 Å². The topological polar surface area (TPSA) is 67.2 Å². The zero-order valence-electron chi connectivity index (χ0n) is 18.0. The van der Waals surface area contributed by atoms with Crippen LogP contribution in [0.4, 0.5) is 5.69 Å². The third kappa shape index (κ3) is 5.43. The summed E-state index contributed by atoms with van der Waals surface area (Å²) in [5.74, 6) is 0.639. The van der Waals surface area contributed by atoms with Gasteiger partial charge in [-0.3, -0.25) is 10.1 Å². The van der Waals surface area contributed by atoms with Crippen molar-refractivity contribution in [3.05, 3.63) is 81.3 Å². The van der Waals surface area contributed by atoms with Crippen LogP contribution in [0.1, 0.15) is 42.1 Å². The van der Waals surface area contributed by atoms with Gasteiger partial charge in [-0.15, -0.1) is 0 Å². The molecule has 4 rings (SSSR count). The number of amides is 1. The van der Waals surface area contributed by atoms with Gasteiger partial charge in [0.2, 0.25) is 5.89 Å². The number of aromatic nitrogens is 1. The third-order valence-electron chi connectivity index (χ3n) is 5.38. The number of benzene rings is 3. The Morgan fingerprint density at radius 2 is 1.91 bits per heavy atom. The van der Waals surface area contributed by atoms with Crippen LogP contribution in [0.25, 0.3) is 22.6 Å². The lowest BCUT2D eigenvalue weighted by atomic mass is 9.98. The summed E-state index contributed by atoms with van der Waals surface area (Å²) in [6.45, 7) is 4.37. The number of halogens is 2. The number of nitrogens with one attached hydrogen (secondary N) is 2. The van der Waals surface area contributed by atoms with Crippen LogP contribution in [0, 0.1) is 0 Å². The molecule has 33 heavy (non-hydrogen) atoms. The maximum atomic E-state index is 12.5. The number of hydrogen-bond acceptors (Lipinski definition) is 4. The average Bonchev–Trinajstić information content (AvgIpc) is 3.23. The Kier molecular flexibility index (Phi) is 7.12. The third-order valence-corrected chi connectivity index (χ3v) is 6.41. The fourth-order valence-electron chi connectivity index (χ4n) is 3.31. The fourth-order valence-corrected chi connectivity index (χ4v) is 4.09. The van der Waals surface area contributed by atoms with Crippen molar-refractivity contribution in [3.63, 3.8) is 0 Å². The highest BCUT2D eigenvalue weighted by Crippen LogP contribution is 2.28. The van der Waals surface area contributed by atoms with Gasteiger partial charge in [0.25, 0.3) is 5.91 Å². The van der Waals surface area contributed by atoms with Crippen LogP contribution in [-0.2, 0) is 0 Å². The Morgan fingerprint density at radius 1 is 1.15 bits per heavy atom. The van der Waals surface area contributed by atoms with Crippen LogP contribution in [0.2, 0.25) is 5.02 Å². The first-order valence-corrected chi connectivity index (χ1v) is 12.0. The van der Waals surface area contributed by atoms with E-state index in [1.165, 1.54) is 5.56 Å². The molecule has 8 heteroatoms. The van der Waals surface area contributed by atoms with Crippen molar-refractivity contribution in [1.82, 2.24) is 10.3 Å². The Hall–Kier alpha value is -2.74. The Balaban J connectivity index is 1.44. The largest absolute Gasteiger partial charge is 0.436 e. The van der Waals surface area contributed by atoms with Gasteiger partial charge < -0.3 is 9.73 Å². The number of oxazole rings is 1. The SMILES string of the molecule is CC[C@H](C)c1ccc2oc(-c3ccc(NC(=S)NC(=O)c4cc(Br)ccc4Cl)cc3)nc2c1. The zero-order chi connectivity index (χ0) is 23.5. The minimum Gasteiger partial charge on any atom is -0.436 e. The maximum absolute atomic E-state index is 12.5. The predicted molar refractivity (Wildman–Crippen MR) is 141 cm³/mol. The van der Waals surface area contributed by atoms with Crippen molar-refractivity contribution in [1.29, 1.82) is 0 Å². The van der Waals surface area contributed by atoms with Crippen molar-refractivity contribution in [2.45, 2.75) is 26.2 Å². The van der Waals surface area contributed by atoms with Crippen LogP contribution in [0.3, 0.4) is 0 Å². The first kappa shape index (κ1) is 23.4. The first-order chi connectivity index (χ1) is 15.8. The lowest BCUT2D eigenvalue weighted by molar-refractivity contribution is 0.0978. The minimum atomic E-state index is -0.390. The molecule has 0 saturated heterocycles. The van der Waals surface area contributed by atoms with Crippen molar-refractivity contribution in [2.75, 3.05) is 5.32 Å². The van der Waals surface area contributed by atoms with E-state index in [-0.39, 0.29) is 5.11 Å². The molecule has 0 aliphatic heterocycles. The first-order valence-electron chi connectivity index (χ1n) is 10.4. The van der Waals surface area contributed by atoms with Crippen LogP contribution >= 0.6 is 39.7 Å². The van der Waals surface area contributed by atoms with Gasteiger partial charge in [0, 0.05) is 15.7 Å². The normalized spacial score (nSPS) is 11.9. The summed E-state index contributed by atoms with van der Waals surface area (Å²) in [6.07, 6.45) is 1.07. The van der Waals surface area contributed by atoms with Crippen molar-refractivity contribution >= 4 is 67.6 Å². The van der Waals surface area contributed by atoms with E-state index >= 15 is 0 Å². The fraction of sp³-hybridized carbons (Fsp3) is 0.160. The average molecular weight is 543 g/mol. The van der Waals surface area contributed by atoms with E-state index in [0.717, 1.165) is 33.2 Å². The molecule has 5 nitrogen and oxygen atoms in total. The van der Waals surface area contributed by atoms with E-state index < -0.39 is 5.91 Å². The molecule has 0 spiro atoms. The molecule has 1 atom stereocenters. The summed E-state index contributed by atoms with van der Waals surface area (Å²) >= 11 is 14.7. The summed E-state index contributed by atoms with van der Waals surface area (Å²) in [5, 5.41) is 6.16. The highest BCUT2D eigenvalue weighted by molar-refractivity contribution is 9.10. The summed E-state index contributed by atoms with van der Waals surface area (Å²) in [7, 11) is 0. The lowest BCUT2D eigenvalue weighted by Gasteiger charge is -2.11. The highest BCUT2D eigenvalue weighted by atomic mass is 79.9. The van der Waals surface area contributed by atoms with Gasteiger partial charge in [-0.2, -0.15) is 0 Å². The predicted octanol–water partition coefficient (Wildman–Crippen LogP) is 7.55. The molecule has 2 N–H and O–H groups in total. The molecule has 0 fully saturated rings. The molecule has 0 bridgehead atoms. The molecule has 0 aliphatic carbocycles. The second kappa shape index (κ2) is 10.0. The zero-order valence-corrected chi connectivity index (χ0v) is 21.1. The van der Waals surface area contributed by atoms with Gasteiger partial charge in [-0.1, -0.05) is 47.4 Å². The van der Waals surface area contributed by atoms with Gasteiger partial charge in [-0.05, 0) is 84.7 Å². The molecule has 1 aromatic heterocycles. The van der Waals surface area contributed by atoms with Crippen LogP contribution in [-0.4, -0.2) is 16.0 Å². The number of hydrogen-bond donors (Lipinski definition) is 2. The van der Waals surface area contributed by atoms with E-state index in [1.54, 1.807) is 18.2 Å². The monoisotopic (exact) mass is 541 g/mol. The van der Waals surface area contributed by atoms with Crippen molar-refractivity contribution < 1.29 is 9.21 Å². The molecule has 0 aliphatic rings. The Labute approximate surface area is 210 Å². The summed E-state index contributed by atoms with van der Waals surface area (Å²) in [5.41, 5.74) is 4.76. The molecular formula is C25H21BrClN3O2S. The standard InChI is InChI=1S/C25H21BrClN3O2S/c1-3-14(2)16-6-11-22-21(12-16)29-24(32-22)15-4-8-18(9-5-15)28-25(33)30-23(31)19-13-17(26)7-10-20(19)27/h4-14H,3H2,1-2H3,(H2,28,30,31,33)/t14-/m0/s1. The summed E-state index contributed by atoms with van der Waals surface area (Å²) < 4.78 is 6.69. The summed E-state index contributed by atoms with van der Waals surface area (Å²) in [4.78, 5) is 17.1. The quantitative estimate of drug-likeness (QED) is 0.255. The molecule has 0 saturated carbocycles. The molecule has 3 aromatic carbocycles. The van der Waals surface area contributed by atoms with E-state index in [2.05, 4.69) is 57.5 Å². The number of nitrogens with zero attached hydrogens (tertiary/aromatic N) is 1. The van der Waals surface area contributed by atoms with Crippen molar-refractivity contribution in [3.8, 4) is 11.5 Å². The smallest absolute Gasteiger partial charge is 0.258 e. The number of carbonyl (C=O) groups excluding carboxylic acids is 1. The van der Waals surface area contributed by atoms with Gasteiger partial charge in [0.05, 0.1) is 10.6 Å². The van der Waals surface area contributed by atoms with E-state index in [0.29, 0.717) is 22.4 Å². The van der Waals surface area contributed by atoms with Gasteiger partial charge in [0.1, 0.15) is 5.52 Å². The number of carbonyl (C=O) groups is 1. The second-order valence-electron chi connectivity index (χ2n) is 7.67. The molecule has 1 heterocycles. The number of fused-ring (bicyclic) bond motifs is 1.